The first kappa shape index (κ1) is 13.1. The lowest BCUT2D eigenvalue weighted by Gasteiger charge is -2.27. The van der Waals surface area contributed by atoms with Gasteiger partial charge in [0.2, 0.25) is 0 Å². The highest BCUT2D eigenvalue weighted by atomic mass is 16.5. The number of fused-ring (bicyclic) bond motifs is 1. The lowest BCUT2D eigenvalue weighted by atomic mass is 9.98. The molecular weight excluding hydrogens is 256 g/mol. The standard InChI is InChI=1S/C14H18N4O2/c1-17-6-3-4-11(9-17)13-15-12-8-10(14(19)20-2)5-7-18(12)16-13/h5,7-8,11H,3-4,6,9H2,1-2H3. The highest BCUT2D eigenvalue weighted by Gasteiger charge is 2.23. The molecule has 0 spiro atoms. The van der Waals surface area contributed by atoms with Crippen molar-refractivity contribution in [3.05, 3.63) is 29.7 Å². The van der Waals surface area contributed by atoms with Crippen molar-refractivity contribution in [2.75, 3.05) is 27.2 Å². The van der Waals surface area contributed by atoms with Gasteiger partial charge in [-0.3, -0.25) is 0 Å². The third-order valence-electron chi connectivity index (χ3n) is 3.76. The first-order valence-electron chi connectivity index (χ1n) is 6.80. The monoisotopic (exact) mass is 274 g/mol. The second-order valence-corrected chi connectivity index (χ2v) is 5.28. The molecule has 6 nitrogen and oxygen atoms in total. The first-order chi connectivity index (χ1) is 9.67. The number of hydrogen-bond donors (Lipinski definition) is 0. The second kappa shape index (κ2) is 5.20. The molecule has 2 aromatic heterocycles. The lowest BCUT2D eigenvalue weighted by molar-refractivity contribution is 0.0600. The van der Waals surface area contributed by atoms with Crippen LogP contribution in [0, 0.1) is 0 Å². The second-order valence-electron chi connectivity index (χ2n) is 5.28. The Morgan fingerprint density at radius 1 is 1.50 bits per heavy atom. The van der Waals surface area contributed by atoms with Crippen molar-refractivity contribution in [1.82, 2.24) is 19.5 Å². The van der Waals surface area contributed by atoms with E-state index in [2.05, 4.69) is 22.0 Å². The number of hydrogen-bond acceptors (Lipinski definition) is 5. The third kappa shape index (κ3) is 2.38. The van der Waals surface area contributed by atoms with E-state index in [9.17, 15) is 4.79 Å². The van der Waals surface area contributed by atoms with Gasteiger partial charge in [-0.1, -0.05) is 0 Å². The van der Waals surface area contributed by atoms with Crippen molar-refractivity contribution in [2.45, 2.75) is 18.8 Å². The minimum Gasteiger partial charge on any atom is -0.465 e. The van der Waals surface area contributed by atoms with Crippen molar-refractivity contribution in [3.63, 3.8) is 0 Å². The summed E-state index contributed by atoms with van der Waals surface area (Å²) < 4.78 is 6.44. The summed E-state index contributed by atoms with van der Waals surface area (Å²) in [6.45, 7) is 2.12. The molecule has 0 N–H and O–H groups in total. The van der Waals surface area contributed by atoms with Gasteiger partial charge in [0, 0.05) is 18.7 Å². The van der Waals surface area contributed by atoms with Crippen LogP contribution < -0.4 is 0 Å². The molecule has 0 radical (unpaired) electrons. The van der Waals surface area contributed by atoms with Gasteiger partial charge >= 0.3 is 5.97 Å². The Morgan fingerprint density at radius 2 is 2.35 bits per heavy atom. The van der Waals surface area contributed by atoms with E-state index in [0.717, 1.165) is 25.3 Å². The number of pyridine rings is 1. The highest BCUT2D eigenvalue weighted by molar-refractivity contribution is 5.90. The number of aromatic nitrogens is 3. The van der Waals surface area contributed by atoms with Crippen LogP contribution in [0.2, 0.25) is 0 Å². The van der Waals surface area contributed by atoms with Gasteiger partial charge in [-0.25, -0.2) is 14.3 Å². The maximum Gasteiger partial charge on any atom is 0.338 e. The molecule has 2 aromatic rings. The van der Waals surface area contributed by atoms with Crippen LogP contribution in [0.3, 0.4) is 0 Å². The predicted molar refractivity (Wildman–Crippen MR) is 73.8 cm³/mol. The molecule has 0 saturated carbocycles. The van der Waals surface area contributed by atoms with Gasteiger partial charge in [0.05, 0.1) is 12.7 Å². The van der Waals surface area contributed by atoms with Crippen LogP contribution in [0.5, 0.6) is 0 Å². The van der Waals surface area contributed by atoms with Crippen LogP contribution in [0.1, 0.15) is 34.9 Å². The van der Waals surface area contributed by atoms with E-state index in [0.29, 0.717) is 17.1 Å². The fourth-order valence-corrected chi connectivity index (χ4v) is 2.69. The van der Waals surface area contributed by atoms with Gasteiger partial charge in [0.25, 0.3) is 0 Å². The molecule has 0 bridgehead atoms. The van der Waals surface area contributed by atoms with Gasteiger partial charge in [0.15, 0.2) is 11.5 Å². The molecule has 6 heteroatoms. The molecule has 1 aliphatic rings. The number of carbonyl (C=O) groups is 1. The minimum atomic E-state index is -0.352. The summed E-state index contributed by atoms with van der Waals surface area (Å²) in [5.74, 6) is 0.878. The molecule has 1 fully saturated rings. The van der Waals surface area contributed by atoms with Crippen molar-refractivity contribution in [3.8, 4) is 0 Å². The van der Waals surface area contributed by atoms with E-state index >= 15 is 0 Å². The predicted octanol–water partition coefficient (Wildman–Crippen LogP) is 1.33. The van der Waals surface area contributed by atoms with E-state index in [4.69, 9.17) is 4.74 Å². The molecule has 0 aliphatic carbocycles. The van der Waals surface area contributed by atoms with Gasteiger partial charge in [0.1, 0.15) is 0 Å². The molecule has 1 saturated heterocycles. The number of nitrogens with zero attached hydrogens (tertiary/aromatic N) is 4. The summed E-state index contributed by atoms with van der Waals surface area (Å²) in [5.41, 5.74) is 1.19. The van der Waals surface area contributed by atoms with E-state index < -0.39 is 0 Å². The van der Waals surface area contributed by atoms with Crippen molar-refractivity contribution < 1.29 is 9.53 Å². The highest BCUT2D eigenvalue weighted by Crippen LogP contribution is 2.24. The fraction of sp³-hybridized carbons (Fsp3) is 0.500. The fourth-order valence-electron chi connectivity index (χ4n) is 2.69. The zero-order valence-electron chi connectivity index (χ0n) is 11.7. The van der Waals surface area contributed by atoms with Crippen molar-refractivity contribution in [2.24, 2.45) is 0 Å². The summed E-state index contributed by atoms with van der Waals surface area (Å²) in [7, 11) is 3.50. The first-order valence-corrected chi connectivity index (χ1v) is 6.80. The largest absolute Gasteiger partial charge is 0.465 e. The Morgan fingerprint density at radius 3 is 3.10 bits per heavy atom. The van der Waals surface area contributed by atoms with E-state index in [1.54, 1.807) is 22.8 Å². The number of likely N-dealkylation sites (tertiary alicyclic amines) is 1. The number of likely N-dealkylation sites (N-methyl/N-ethyl adjacent to an activating group) is 1. The Hall–Kier alpha value is -1.95. The van der Waals surface area contributed by atoms with Gasteiger partial charge < -0.3 is 9.64 Å². The number of rotatable bonds is 2. The molecule has 1 unspecified atom stereocenters. The summed E-state index contributed by atoms with van der Waals surface area (Å²) in [4.78, 5) is 18.4. The van der Waals surface area contributed by atoms with Gasteiger partial charge in [-0.2, -0.15) is 5.10 Å². The number of carbonyl (C=O) groups excluding carboxylic acids is 1. The summed E-state index contributed by atoms with van der Waals surface area (Å²) in [6, 6.07) is 3.42. The topological polar surface area (TPSA) is 59.7 Å². The molecule has 1 aliphatic heterocycles. The Kier molecular flexibility index (Phi) is 3.40. The van der Waals surface area contributed by atoms with Crippen molar-refractivity contribution >= 4 is 11.6 Å². The molecule has 3 rings (SSSR count). The number of esters is 1. The number of methoxy groups -OCH3 is 1. The zero-order valence-corrected chi connectivity index (χ0v) is 11.7. The maximum absolute atomic E-state index is 11.5. The Labute approximate surface area is 117 Å². The molecular formula is C14H18N4O2. The quantitative estimate of drug-likeness (QED) is 0.773. The van der Waals surface area contributed by atoms with Crippen molar-refractivity contribution in [1.29, 1.82) is 0 Å². The molecule has 0 aromatic carbocycles. The molecule has 20 heavy (non-hydrogen) atoms. The summed E-state index contributed by atoms with van der Waals surface area (Å²) in [5, 5.41) is 4.52. The van der Waals surface area contributed by atoms with Crippen LogP contribution >= 0.6 is 0 Å². The minimum absolute atomic E-state index is 0.352. The zero-order chi connectivity index (χ0) is 14.1. The van der Waals surface area contributed by atoms with Crippen LogP contribution in [0.4, 0.5) is 0 Å². The average Bonchev–Trinajstić information content (AvgIpc) is 2.89. The van der Waals surface area contributed by atoms with E-state index in [1.807, 2.05) is 0 Å². The van der Waals surface area contributed by atoms with Gasteiger partial charge in [-0.15, -0.1) is 0 Å². The lowest BCUT2D eigenvalue weighted by Crippen LogP contribution is -2.31. The SMILES string of the molecule is COC(=O)c1ccn2nc(C3CCCN(C)C3)nc2c1. The van der Waals surface area contributed by atoms with E-state index in [1.165, 1.54) is 13.5 Å². The third-order valence-corrected chi connectivity index (χ3v) is 3.76. The van der Waals surface area contributed by atoms with Crippen LogP contribution in [0.15, 0.2) is 18.3 Å². The summed E-state index contributed by atoms with van der Waals surface area (Å²) in [6.07, 6.45) is 4.04. The average molecular weight is 274 g/mol. The van der Waals surface area contributed by atoms with Crippen LogP contribution in [0.25, 0.3) is 5.65 Å². The van der Waals surface area contributed by atoms with E-state index in [-0.39, 0.29) is 5.97 Å². The van der Waals surface area contributed by atoms with Crippen LogP contribution in [-0.4, -0.2) is 52.7 Å². The molecule has 106 valence electrons. The van der Waals surface area contributed by atoms with Gasteiger partial charge in [-0.05, 0) is 38.6 Å². The number of piperidine rings is 1. The Bertz CT molecular complexity index is 637. The number of ether oxygens (including phenoxy) is 1. The summed E-state index contributed by atoms with van der Waals surface area (Å²) >= 11 is 0. The molecule has 1 atom stereocenters. The normalized spacial score (nSPS) is 20.2. The maximum atomic E-state index is 11.5. The smallest absolute Gasteiger partial charge is 0.338 e. The van der Waals surface area contributed by atoms with Crippen LogP contribution in [-0.2, 0) is 4.74 Å². The molecule has 3 heterocycles. The molecule has 0 amide bonds. The Balaban J connectivity index is 1.92.